The molecule has 0 aromatic rings. The Hall–Kier alpha value is -1.59. The van der Waals surface area contributed by atoms with Gasteiger partial charge >= 0.3 is 0 Å². The second kappa shape index (κ2) is 21.3. The standard InChI is InChI=1S/C26H50N2O4/c1-4-6-7-8-9-10-11-12-13-14-15-16-17-18-19-20-25(30)27-21-22-28(23(3)29)24(5-2)26(31)32/h24H,4-22H2,1-3H3,(H,27,30)(H,31,32)/p-1. The van der Waals surface area contributed by atoms with Crippen LogP contribution in [0.1, 0.15) is 130 Å². The molecule has 0 fully saturated rings. The molecule has 1 unspecified atom stereocenters. The van der Waals surface area contributed by atoms with Crippen molar-refractivity contribution in [2.24, 2.45) is 0 Å². The minimum atomic E-state index is -1.26. The van der Waals surface area contributed by atoms with Crippen molar-refractivity contribution in [1.82, 2.24) is 10.2 Å². The second-order valence-corrected chi connectivity index (χ2v) is 9.01. The van der Waals surface area contributed by atoms with Crippen LogP contribution >= 0.6 is 0 Å². The van der Waals surface area contributed by atoms with E-state index in [0.29, 0.717) is 6.42 Å². The van der Waals surface area contributed by atoms with Gasteiger partial charge in [0.1, 0.15) is 0 Å². The Morgan fingerprint density at radius 1 is 0.750 bits per heavy atom. The molecule has 0 radical (unpaired) electrons. The average molecular weight is 454 g/mol. The number of rotatable bonds is 22. The molecule has 0 rings (SSSR count). The second-order valence-electron chi connectivity index (χ2n) is 9.01. The van der Waals surface area contributed by atoms with Crippen LogP contribution in [-0.2, 0) is 14.4 Å². The molecule has 0 saturated heterocycles. The smallest absolute Gasteiger partial charge is 0.220 e. The van der Waals surface area contributed by atoms with Crippen molar-refractivity contribution in [3.05, 3.63) is 0 Å². The Labute approximate surface area is 196 Å². The molecule has 0 aliphatic rings. The fraction of sp³-hybridized carbons (Fsp3) is 0.885. The zero-order valence-corrected chi connectivity index (χ0v) is 21.1. The summed E-state index contributed by atoms with van der Waals surface area (Å²) in [6.45, 7) is 5.75. The highest BCUT2D eigenvalue weighted by atomic mass is 16.4. The molecule has 188 valence electrons. The Bertz CT molecular complexity index is 496. The van der Waals surface area contributed by atoms with Gasteiger partial charge in [0.2, 0.25) is 11.8 Å². The van der Waals surface area contributed by atoms with Crippen LogP contribution in [-0.4, -0.2) is 41.8 Å². The number of hydrogen-bond acceptors (Lipinski definition) is 4. The van der Waals surface area contributed by atoms with E-state index in [1.165, 1.54) is 95.3 Å². The first-order valence-corrected chi connectivity index (χ1v) is 13.2. The van der Waals surface area contributed by atoms with Crippen molar-refractivity contribution in [1.29, 1.82) is 0 Å². The fourth-order valence-electron chi connectivity index (χ4n) is 4.11. The highest BCUT2D eigenvalue weighted by Crippen LogP contribution is 2.13. The van der Waals surface area contributed by atoms with Gasteiger partial charge in [0, 0.05) is 26.4 Å². The third kappa shape index (κ3) is 17.0. The van der Waals surface area contributed by atoms with Crippen molar-refractivity contribution in [2.75, 3.05) is 13.1 Å². The third-order valence-corrected chi connectivity index (χ3v) is 6.12. The summed E-state index contributed by atoms with van der Waals surface area (Å²) >= 11 is 0. The fourth-order valence-corrected chi connectivity index (χ4v) is 4.11. The molecule has 0 spiro atoms. The minimum Gasteiger partial charge on any atom is -0.548 e. The molecule has 2 amide bonds. The van der Waals surface area contributed by atoms with Crippen LogP contribution in [0.3, 0.4) is 0 Å². The number of carbonyl (C=O) groups is 3. The summed E-state index contributed by atoms with van der Waals surface area (Å²) < 4.78 is 0. The monoisotopic (exact) mass is 453 g/mol. The number of nitrogens with zero attached hydrogens (tertiary/aromatic N) is 1. The maximum Gasteiger partial charge on any atom is 0.220 e. The van der Waals surface area contributed by atoms with E-state index in [9.17, 15) is 19.5 Å². The number of hydrogen-bond donors (Lipinski definition) is 1. The van der Waals surface area contributed by atoms with E-state index in [4.69, 9.17) is 0 Å². The molecule has 6 nitrogen and oxygen atoms in total. The Kier molecular flexibility index (Phi) is 20.2. The van der Waals surface area contributed by atoms with Crippen LogP contribution in [0.4, 0.5) is 0 Å². The molecule has 0 bridgehead atoms. The molecule has 0 aliphatic heterocycles. The largest absolute Gasteiger partial charge is 0.548 e. The zero-order valence-electron chi connectivity index (χ0n) is 21.1. The predicted octanol–water partition coefficient (Wildman–Crippen LogP) is 4.74. The molecule has 32 heavy (non-hydrogen) atoms. The van der Waals surface area contributed by atoms with Gasteiger partial charge in [0.15, 0.2) is 0 Å². The van der Waals surface area contributed by atoms with E-state index < -0.39 is 12.0 Å². The van der Waals surface area contributed by atoms with Crippen LogP contribution in [0.15, 0.2) is 0 Å². The number of aliphatic carboxylic acids is 1. The lowest BCUT2D eigenvalue weighted by molar-refractivity contribution is -0.311. The molecule has 6 heteroatoms. The van der Waals surface area contributed by atoms with Crippen LogP contribution < -0.4 is 10.4 Å². The highest BCUT2D eigenvalue weighted by molar-refractivity contribution is 5.81. The van der Waals surface area contributed by atoms with Crippen molar-refractivity contribution < 1.29 is 19.5 Å². The van der Waals surface area contributed by atoms with Crippen molar-refractivity contribution >= 4 is 17.8 Å². The lowest BCUT2D eigenvalue weighted by atomic mass is 10.0. The van der Waals surface area contributed by atoms with Crippen molar-refractivity contribution in [3.8, 4) is 0 Å². The van der Waals surface area contributed by atoms with E-state index in [0.717, 1.165) is 12.8 Å². The topological polar surface area (TPSA) is 89.5 Å². The van der Waals surface area contributed by atoms with E-state index >= 15 is 0 Å². The molecule has 1 N–H and O–H groups in total. The molecular formula is C26H49N2O4-. The van der Waals surface area contributed by atoms with Crippen LogP contribution in [0.5, 0.6) is 0 Å². The van der Waals surface area contributed by atoms with E-state index in [-0.39, 0.29) is 31.3 Å². The summed E-state index contributed by atoms with van der Waals surface area (Å²) in [6.07, 6.45) is 20.2. The molecule has 0 saturated carbocycles. The summed E-state index contributed by atoms with van der Waals surface area (Å²) in [7, 11) is 0. The first-order chi connectivity index (χ1) is 15.4. The quantitative estimate of drug-likeness (QED) is 0.240. The average Bonchev–Trinajstić information content (AvgIpc) is 2.75. The number of carbonyl (C=O) groups excluding carboxylic acids is 3. The zero-order chi connectivity index (χ0) is 24.0. The molecule has 0 aromatic heterocycles. The van der Waals surface area contributed by atoms with Gasteiger partial charge in [-0.05, 0) is 12.8 Å². The number of carboxylic acid groups (broad SMARTS) is 1. The van der Waals surface area contributed by atoms with Gasteiger partial charge in [-0.2, -0.15) is 0 Å². The normalized spacial score (nSPS) is 11.8. The minimum absolute atomic E-state index is 0.0373. The van der Waals surface area contributed by atoms with E-state index in [1.54, 1.807) is 6.92 Å². The highest BCUT2D eigenvalue weighted by Gasteiger charge is 2.20. The Balaban J connectivity index is 3.56. The molecule has 0 aliphatic carbocycles. The molecule has 1 atom stereocenters. The van der Waals surface area contributed by atoms with Gasteiger partial charge in [-0.25, -0.2) is 0 Å². The van der Waals surface area contributed by atoms with Crippen LogP contribution in [0, 0.1) is 0 Å². The van der Waals surface area contributed by atoms with Gasteiger partial charge in [0.25, 0.3) is 0 Å². The van der Waals surface area contributed by atoms with Crippen molar-refractivity contribution in [2.45, 2.75) is 136 Å². The van der Waals surface area contributed by atoms with Gasteiger partial charge in [-0.15, -0.1) is 0 Å². The van der Waals surface area contributed by atoms with Gasteiger partial charge in [0.05, 0.1) is 12.0 Å². The van der Waals surface area contributed by atoms with Gasteiger partial charge < -0.3 is 20.1 Å². The number of nitrogens with one attached hydrogen (secondary N) is 1. The van der Waals surface area contributed by atoms with Gasteiger partial charge in [-0.3, -0.25) is 9.59 Å². The summed E-state index contributed by atoms with van der Waals surface area (Å²) in [4.78, 5) is 36.0. The SMILES string of the molecule is CCCCCCCCCCCCCCCCCC(=O)NCCN(C(C)=O)C(CC)C(=O)[O-]. The van der Waals surface area contributed by atoms with Gasteiger partial charge in [-0.1, -0.05) is 104 Å². The van der Waals surface area contributed by atoms with E-state index in [2.05, 4.69) is 12.2 Å². The molecular weight excluding hydrogens is 404 g/mol. The summed E-state index contributed by atoms with van der Waals surface area (Å²) in [5.74, 6) is -1.62. The third-order valence-electron chi connectivity index (χ3n) is 6.12. The number of amides is 2. The first-order valence-electron chi connectivity index (χ1n) is 13.2. The Morgan fingerprint density at radius 2 is 1.19 bits per heavy atom. The first kappa shape index (κ1) is 30.4. The number of unbranched alkanes of at least 4 members (excludes halogenated alkanes) is 14. The lowest BCUT2D eigenvalue weighted by Crippen LogP contribution is -2.51. The maximum absolute atomic E-state index is 12.0. The van der Waals surface area contributed by atoms with Crippen molar-refractivity contribution in [3.63, 3.8) is 0 Å². The van der Waals surface area contributed by atoms with Crippen LogP contribution in [0.25, 0.3) is 0 Å². The predicted molar refractivity (Wildman–Crippen MR) is 129 cm³/mol. The molecule has 0 aromatic carbocycles. The Morgan fingerprint density at radius 3 is 1.56 bits per heavy atom. The van der Waals surface area contributed by atoms with Crippen LogP contribution in [0.2, 0.25) is 0 Å². The number of carboxylic acids is 1. The summed E-state index contributed by atoms with van der Waals surface area (Å²) in [5, 5.41) is 13.9. The summed E-state index contributed by atoms with van der Waals surface area (Å²) in [6, 6.07) is -0.944. The maximum atomic E-state index is 12.0. The van der Waals surface area contributed by atoms with E-state index in [1.807, 2.05) is 0 Å². The molecule has 0 heterocycles. The lowest BCUT2D eigenvalue weighted by Gasteiger charge is -2.31. The summed E-state index contributed by atoms with van der Waals surface area (Å²) in [5.41, 5.74) is 0.